The summed E-state index contributed by atoms with van der Waals surface area (Å²) >= 11 is 1.05. The molecule has 0 aliphatic rings. The zero-order valence-electron chi connectivity index (χ0n) is 10.4. The van der Waals surface area contributed by atoms with E-state index in [1.165, 1.54) is 12.3 Å². The number of aromatic nitrogens is 1. The minimum Gasteiger partial charge on any atom is -0.438 e. The first-order valence-electron chi connectivity index (χ1n) is 5.54. The lowest BCUT2D eigenvalue weighted by Gasteiger charge is -2.02. The Balaban J connectivity index is 2.33. The predicted molar refractivity (Wildman–Crippen MR) is 70.7 cm³/mol. The molecule has 0 saturated carbocycles. The number of aliphatic hydroxyl groups is 1. The van der Waals surface area contributed by atoms with Crippen LogP contribution in [0.1, 0.15) is 23.6 Å². The van der Waals surface area contributed by atoms with Crippen LogP contribution in [0.25, 0.3) is 0 Å². The zero-order valence-corrected chi connectivity index (χ0v) is 11.2. The summed E-state index contributed by atoms with van der Waals surface area (Å²) in [6, 6.07) is 4.77. The molecule has 0 bridgehead atoms. The molecule has 2 aromatic rings. The number of hydrogen-bond acceptors (Lipinski definition) is 6. The van der Waals surface area contributed by atoms with Crippen molar-refractivity contribution < 1.29 is 14.8 Å². The summed E-state index contributed by atoms with van der Waals surface area (Å²) < 4.78 is 5.46. The Labute approximate surface area is 113 Å². The first kappa shape index (κ1) is 13.4. The summed E-state index contributed by atoms with van der Waals surface area (Å²) in [4.78, 5) is 14.9. The minimum absolute atomic E-state index is 0.145. The monoisotopic (exact) mass is 280 g/mol. The molecule has 6 nitrogen and oxygen atoms in total. The van der Waals surface area contributed by atoms with Gasteiger partial charge < -0.3 is 9.84 Å². The van der Waals surface area contributed by atoms with Crippen LogP contribution in [-0.2, 0) is 0 Å². The lowest BCUT2D eigenvalue weighted by molar-refractivity contribution is -0.385. The molecule has 2 aromatic heterocycles. The molecule has 7 heteroatoms. The van der Waals surface area contributed by atoms with E-state index >= 15 is 0 Å². The highest BCUT2D eigenvalue weighted by Gasteiger charge is 2.23. The Kier molecular flexibility index (Phi) is 3.77. The van der Waals surface area contributed by atoms with E-state index in [-0.39, 0.29) is 10.8 Å². The van der Waals surface area contributed by atoms with Crippen molar-refractivity contribution >= 4 is 17.0 Å². The smallest absolute Gasteiger partial charge is 0.323 e. The van der Waals surface area contributed by atoms with Gasteiger partial charge in [-0.05, 0) is 26.0 Å². The molecule has 1 atom stereocenters. The number of pyridine rings is 1. The van der Waals surface area contributed by atoms with Crippen molar-refractivity contribution in [3.63, 3.8) is 0 Å². The van der Waals surface area contributed by atoms with Gasteiger partial charge in [-0.1, -0.05) is 11.3 Å². The van der Waals surface area contributed by atoms with Crippen molar-refractivity contribution in [3.8, 4) is 10.8 Å². The second kappa shape index (κ2) is 5.33. The molecule has 0 aliphatic carbocycles. The number of thiophene rings is 1. The SMILES string of the molecule is Cc1ccc(Oc2sc([C@H](C)O)cc2[N+](=O)[O-])cn1. The highest BCUT2D eigenvalue weighted by molar-refractivity contribution is 7.14. The fourth-order valence-corrected chi connectivity index (χ4v) is 2.34. The van der Waals surface area contributed by atoms with Crippen LogP contribution in [0.2, 0.25) is 0 Å². The first-order chi connectivity index (χ1) is 8.97. The summed E-state index contributed by atoms with van der Waals surface area (Å²) in [5.74, 6) is 0.424. The molecule has 0 radical (unpaired) electrons. The van der Waals surface area contributed by atoms with E-state index in [1.54, 1.807) is 19.1 Å². The third-order valence-corrected chi connectivity index (χ3v) is 3.57. The van der Waals surface area contributed by atoms with E-state index in [0.717, 1.165) is 17.0 Å². The topological polar surface area (TPSA) is 85.5 Å². The van der Waals surface area contributed by atoms with Crippen LogP contribution in [-0.4, -0.2) is 15.0 Å². The maximum atomic E-state index is 10.9. The molecule has 0 aromatic carbocycles. The molecule has 0 aliphatic heterocycles. The molecule has 2 heterocycles. The van der Waals surface area contributed by atoms with E-state index in [2.05, 4.69) is 4.98 Å². The summed E-state index contributed by atoms with van der Waals surface area (Å²) in [5, 5.41) is 20.5. The number of aliphatic hydroxyl groups excluding tert-OH is 1. The Morgan fingerprint density at radius 1 is 1.53 bits per heavy atom. The number of hydrogen-bond donors (Lipinski definition) is 1. The van der Waals surface area contributed by atoms with E-state index in [4.69, 9.17) is 4.74 Å². The van der Waals surface area contributed by atoms with Crippen molar-refractivity contribution in [2.45, 2.75) is 20.0 Å². The third kappa shape index (κ3) is 3.07. The lowest BCUT2D eigenvalue weighted by Crippen LogP contribution is -1.90. The fourth-order valence-electron chi connectivity index (χ4n) is 1.41. The van der Waals surface area contributed by atoms with Crippen molar-refractivity contribution in [3.05, 3.63) is 45.1 Å². The molecule has 0 unspecified atom stereocenters. The number of ether oxygens (including phenoxy) is 1. The summed E-state index contributed by atoms with van der Waals surface area (Å²) in [5.41, 5.74) is 0.680. The van der Waals surface area contributed by atoms with E-state index in [1.807, 2.05) is 6.92 Å². The van der Waals surface area contributed by atoms with Gasteiger partial charge in [-0.3, -0.25) is 15.1 Å². The highest BCUT2D eigenvalue weighted by atomic mass is 32.1. The summed E-state index contributed by atoms with van der Waals surface area (Å²) in [6.07, 6.45) is 0.734. The van der Waals surface area contributed by atoms with E-state index in [9.17, 15) is 15.2 Å². The van der Waals surface area contributed by atoms with Gasteiger partial charge in [0, 0.05) is 16.6 Å². The second-order valence-electron chi connectivity index (χ2n) is 3.99. The molecular formula is C12H12N2O4S. The van der Waals surface area contributed by atoms with Gasteiger partial charge in [0.1, 0.15) is 5.75 Å². The maximum Gasteiger partial charge on any atom is 0.323 e. The van der Waals surface area contributed by atoms with E-state index < -0.39 is 11.0 Å². The molecule has 0 saturated heterocycles. The largest absolute Gasteiger partial charge is 0.438 e. The average Bonchev–Trinajstić information content (AvgIpc) is 2.76. The normalized spacial score (nSPS) is 12.2. The molecule has 0 amide bonds. The molecule has 100 valence electrons. The van der Waals surface area contributed by atoms with Gasteiger partial charge in [-0.15, -0.1) is 0 Å². The first-order valence-corrected chi connectivity index (χ1v) is 6.35. The molecule has 0 fully saturated rings. The minimum atomic E-state index is -0.766. The molecular weight excluding hydrogens is 268 g/mol. The molecule has 0 spiro atoms. The van der Waals surface area contributed by atoms with Crippen molar-refractivity contribution in [2.24, 2.45) is 0 Å². The summed E-state index contributed by atoms with van der Waals surface area (Å²) in [6.45, 7) is 3.38. The summed E-state index contributed by atoms with van der Waals surface area (Å²) in [7, 11) is 0. The zero-order chi connectivity index (χ0) is 14.0. The van der Waals surface area contributed by atoms with Crippen LogP contribution in [0.4, 0.5) is 5.69 Å². The second-order valence-corrected chi connectivity index (χ2v) is 5.04. The van der Waals surface area contributed by atoms with Crippen molar-refractivity contribution in [1.29, 1.82) is 0 Å². The van der Waals surface area contributed by atoms with Gasteiger partial charge in [-0.2, -0.15) is 0 Å². The van der Waals surface area contributed by atoms with Gasteiger partial charge in [0.25, 0.3) is 5.06 Å². The van der Waals surface area contributed by atoms with E-state index in [0.29, 0.717) is 10.6 Å². The number of nitro groups is 1. The van der Waals surface area contributed by atoms with Crippen LogP contribution < -0.4 is 4.74 Å². The average molecular weight is 280 g/mol. The van der Waals surface area contributed by atoms with Crippen LogP contribution in [0, 0.1) is 17.0 Å². The quantitative estimate of drug-likeness (QED) is 0.686. The number of nitrogens with zero attached hydrogens (tertiary/aromatic N) is 2. The Hall–Kier alpha value is -1.99. The predicted octanol–water partition coefficient (Wildman–Crippen LogP) is 3.21. The van der Waals surface area contributed by atoms with Crippen LogP contribution in [0.3, 0.4) is 0 Å². The maximum absolute atomic E-state index is 10.9. The highest BCUT2D eigenvalue weighted by Crippen LogP contribution is 2.41. The Morgan fingerprint density at radius 2 is 2.26 bits per heavy atom. The lowest BCUT2D eigenvalue weighted by atomic mass is 10.3. The fraction of sp³-hybridized carbons (Fsp3) is 0.250. The van der Waals surface area contributed by atoms with Gasteiger partial charge in [0.15, 0.2) is 0 Å². The van der Waals surface area contributed by atoms with Crippen molar-refractivity contribution in [1.82, 2.24) is 4.98 Å². The van der Waals surface area contributed by atoms with Crippen LogP contribution in [0.5, 0.6) is 10.8 Å². The Bertz CT molecular complexity index is 592. The van der Waals surface area contributed by atoms with Gasteiger partial charge in [0.2, 0.25) is 0 Å². The molecule has 2 rings (SSSR count). The van der Waals surface area contributed by atoms with Crippen LogP contribution in [0.15, 0.2) is 24.4 Å². The van der Waals surface area contributed by atoms with Gasteiger partial charge in [0.05, 0.1) is 17.2 Å². The van der Waals surface area contributed by atoms with Gasteiger partial charge in [-0.25, -0.2) is 0 Å². The third-order valence-electron chi connectivity index (χ3n) is 2.40. The van der Waals surface area contributed by atoms with Crippen molar-refractivity contribution in [2.75, 3.05) is 0 Å². The van der Waals surface area contributed by atoms with Gasteiger partial charge >= 0.3 is 5.69 Å². The standard InChI is InChI=1S/C12H12N2O4S/c1-7-3-4-9(6-13-7)18-12-10(14(16)17)5-11(19-12)8(2)15/h3-6,8,15H,1-2H3/t8-/m0/s1. The van der Waals surface area contributed by atoms with Crippen LogP contribution >= 0.6 is 11.3 Å². The molecule has 19 heavy (non-hydrogen) atoms. The number of rotatable bonds is 4. The number of aryl methyl sites for hydroxylation is 1. The Morgan fingerprint density at radius 3 is 2.79 bits per heavy atom. The molecule has 1 N–H and O–H groups in total.